The van der Waals surface area contributed by atoms with Crippen LogP contribution in [-0.4, -0.2) is 60.5 Å². The molecule has 0 aromatic heterocycles. The van der Waals surface area contributed by atoms with Crippen molar-refractivity contribution < 1.29 is 23.6 Å². The Balaban J connectivity index is 1.40. The van der Waals surface area contributed by atoms with Crippen LogP contribution in [0.2, 0.25) is 0 Å². The first-order valence-electron chi connectivity index (χ1n) is 14.0. The highest BCUT2D eigenvalue weighted by Gasteiger charge is 2.51. The Morgan fingerprint density at radius 1 is 0.897 bits per heavy atom. The number of anilines is 1. The summed E-state index contributed by atoms with van der Waals surface area (Å²) in [6.07, 6.45) is 3.60. The van der Waals surface area contributed by atoms with Crippen LogP contribution in [0.1, 0.15) is 85.0 Å². The van der Waals surface area contributed by atoms with E-state index >= 15 is 0 Å². The number of likely N-dealkylation sites (tertiary alicyclic amines) is 1. The minimum absolute atomic E-state index is 0.128. The average Bonchev–Trinajstić information content (AvgIpc) is 3.07. The zero-order chi connectivity index (χ0) is 28.6. The number of ether oxygens (including phenoxy) is 2. The summed E-state index contributed by atoms with van der Waals surface area (Å²) in [5.41, 5.74) is 1.49. The van der Waals surface area contributed by atoms with E-state index in [1.165, 1.54) is 19.3 Å². The Hall–Kier alpha value is -2.55. The van der Waals surface area contributed by atoms with Crippen LogP contribution in [0.4, 0.5) is 5.69 Å². The maximum absolute atomic E-state index is 13.0. The highest BCUT2D eigenvalue weighted by Crippen LogP contribution is 2.38. The van der Waals surface area contributed by atoms with Crippen molar-refractivity contribution in [2.24, 2.45) is 0 Å². The number of carbonyl (C=O) groups excluding carboxylic acids is 1. The monoisotopic (exact) mass is 536 g/mol. The average molecular weight is 537 g/mol. The molecule has 0 spiro atoms. The first-order valence-corrected chi connectivity index (χ1v) is 14.0. The first-order chi connectivity index (χ1) is 18.1. The molecular formula is C31H45BN2O5. The molecule has 0 unspecified atom stereocenters. The maximum atomic E-state index is 13.0. The summed E-state index contributed by atoms with van der Waals surface area (Å²) < 4.78 is 24.0. The van der Waals surface area contributed by atoms with Crippen molar-refractivity contribution in [3.05, 3.63) is 48.0 Å². The van der Waals surface area contributed by atoms with Gasteiger partial charge in [-0.05, 0) is 104 Å². The second kappa shape index (κ2) is 10.8. The number of rotatable bonds is 8. The number of nitrogens with zero attached hydrogens (tertiary/aromatic N) is 1. The van der Waals surface area contributed by atoms with Crippen LogP contribution in [0.5, 0.6) is 11.5 Å². The first kappa shape index (κ1) is 29.4. The number of hydrogen-bond donors (Lipinski definition) is 1. The van der Waals surface area contributed by atoms with Crippen LogP contribution in [0.25, 0.3) is 0 Å². The summed E-state index contributed by atoms with van der Waals surface area (Å²) in [5, 5.41) is 2.98. The Morgan fingerprint density at radius 3 is 2.05 bits per heavy atom. The maximum Gasteiger partial charge on any atom is 0.494 e. The molecule has 0 radical (unpaired) electrons. The van der Waals surface area contributed by atoms with Crippen molar-refractivity contribution in [1.29, 1.82) is 0 Å². The van der Waals surface area contributed by atoms with Crippen LogP contribution in [0, 0.1) is 0 Å². The highest BCUT2D eigenvalue weighted by molar-refractivity contribution is 6.62. The van der Waals surface area contributed by atoms with E-state index < -0.39 is 18.3 Å². The Labute approximate surface area is 234 Å². The van der Waals surface area contributed by atoms with Gasteiger partial charge in [0.05, 0.1) is 18.3 Å². The molecule has 1 amide bonds. The molecule has 2 fully saturated rings. The number of benzene rings is 2. The molecule has 39 heavy (non-hydrogen) atoms. The van der Waals surface area contributed by atoms with Crippen molar-refractivity contribution >= 4 is 24.2 Å². The predicted molar refractivity (Wildman–Crippen MR) is 157 cm³/mol. The Kier molecular flexibility index (Phi) is 8.14. The number of methoxy groups -OCH3 is 1. The molecule has 2 aromatic rings. The normalized spacial score (nSPS) is 21.4. The quantitative estimate of drug-likeness (QED) is 0.439. The van der Waals surface area contributed by atoms with Gasteiger partial charge in [0.1, 0.15) is 6.61 Å². The fourth-order valence-corrected chi connectivity index (χ4v) is 5.74. The smallest absolute Gasteiger partial charge is 0.493 e. The third-order valence-corrected chi connectivity index (χ3v) is 8.73. The molecule has 2 aliphatic heterocycles. The van der Waals surface area contributed by atoms with Gasteiger partial charge in [0, 0.05) is 34.9 Å². The van der Waals surface area contributed by atoms with Gasteiger partial charge in [-0.1, -0.05) is 12.1 Å². The summed E-state index contributed by atoms with van der Waals surface area (Å²) in [4.78, 5) is 15.6. The molecule has 2 heterocycles. The molecule has 0 atom stereocenters. The van der Waals surface area contributed by atoms with Gasteiger partial charge in [-0.25, -0.2) is 0 Å². The van der Waals surface area contributed by atoms with Crippen molar-refractivity contribution in [1.82, 2.24) is 4.90 Å². The molecule has 2 aliphatic rings. The number of hydrogen-bond acceptors (Lipinski definition) is 6. The van der Waals surface area contributed by atoms with Gasteiger partial charge in [-0.15, -0.1) is 0 Å². The topological polar surface area (TPSA) is 69.3 Å². The fourth-order valence-electron chi connectivity index (χ4n) is 5.74. The SMILES string of the molecule is COc1ccc(NC(=O)c2ccc(B3OC(C)(C)C(C)(C)O3)cc2)cc1OCCN1C(C)(C)CCCC1(C)C. The van der Waals surface area contributed by atoms with Gasteiger partial charge in [0.25, 0.3) is 5.91 Å². The molecule has 7 nitrogen and oxygen atoms in total. The summed E-state index contributed by atoms with van der Waals surface area (Å²) in [7, 11) is 1.16. The number of piperidine rings is 1. The van der Waals surface area contributed by atoms with E-state index in [4.69, 9.17) is 18.8 Å². The molecule has 0 bridgehead atoms. The summed E-state index contributed by atoms with van der Waals surface area (Å²) >= 11 is 0. The van der Waals surface area contributed by atoms with Crippen LogP contribution < -0.4 is 20.3 Å². The number of carbonyl (C=O) groups is 1. The van der Waals surface area contributed by atoms with Gasteiger partial charge in [-0.2, -0.15) is 0 Å². The van der Waals surface area contributed by atoms with Gasteiger partial charge in [0.2, 0.25) is 0 Å². The molecule has 0 aliphatic carbocycles. The van der Waals surface area contributed by atoms with Crippen molar-refractivity contribution in [2.75, 3.05) is 25.6 Å². The van der Waals surface area contributed by atoms with Crippen LogP contribution in [-0.2, 0) is 9.31 Å². The molecule has 1 N–H and O–H groups in total. The van der Waals surface area contributed by atoms with Crippen LogP contribution >= 0.6 is 0 Å². The molecular weight excluding hydrogens is 491 g/mol. The van der Waals surface area contributed by atoms with Crippen LogP contribution in [0.3, 0.4) is 0 Å². The van der Waals surface area contributed by atoms with Crippen molar-refractivity contribution in [2.45, 2.75) is 96.9 Å². The lowest BCUT2D eigenvalue weighted by Crippen LogP contribution is -2.59. The van der Waals surface area contributed by atoms with E-state index in [1.807, 2.05) is 58.0 Å². The Morgan fingerprint density at radius 2 is 1.49 bits per heavy atom. The third kappa shape index (κ3) is 6.29. The minimum atomic E-state index is -0.463. The third-order valence-electron chi connectivity index (χ3n) is 8.73. The molecule has 0 saturated carbocycles. The molecule has 2 saturated heterocycles. The molecule has 2 aromatic carbocycles. The van der Waals surface area contributed by atoms with Gasteiger partial charge >= 0.3 is 7.12 Å². The van der Waals surface area contributed by atoms with E-state index in [2.05, 4.69) is 37.9 Å². The van der Waals surface area contributed by atoms with Crippen LogP contribution in [0.15, 0.2) is 42.5 Å². The zero-order valence-corrected chi connectivity index (χ0v) is 25.1. The largest absolute Gasteiger partial charge is 0.494 e. The number of nitrogens with one attached hydrogen (secondary N) is 1. The lowest BCUT2D eigenvalue weighted by molar-refractivity contribution is -0.0341. The predicted octanol–water partition coefficient (Wildman–Crippen LogP) is 5.67. The van der Waals surface area contributed by atoms with Crippen molar-refractivity contribution in [3.8, 4) is 11.5 Å². The highest BCUT2D eigenvalue weighted by atomic mass is 16.7. The van der Waals surface area contributed by atoms with Crippen molar-refractivity contribution in [3.63, 3.8) is 0 Å². The van der Waals surface area contributed by atoms with E-state index in [-0.39, 0.29) is 17.0 Å². The van der Waals surface area contributed by atoms with Gasteiger partial charge in [0.15, 0.2) is 11.5 Å². The second-order valence-electron chi connectivity index (χ2n) is 13.0. The summed E-state index contributed by atoms with van der Waals surface area (Å²) in [5.74, 6) is 1.04. The molecule has 4 rings (SSSR count). The Bertz CT molecular complexity index is 1140. The standard InChI is InChI=1S/C31H45BN2O5/c1-28(2)17-10-18-29(3,4)34(28)19-20-37-26-21-24(15-16-25(26)36-9)33-27(35)22-11-13-23(14-12-22)32-38-30(5,6)31(7,8)39-32/h11-16,21H,10,17-20H2,1-9H3,(H,33,35). The minimum Gasteiger partial charge on any atom is -0.493 e. The molecule has 212 valence electrons. The fraction of sp³-hybridized carbons (Fsp3) is 0.581. The summed E-state index contributed by atoms with van der Waals surface area (Å²) in [6, 6.07) is 12.8. The lowest BCUT2D eigenvalue weighted by atomic mass is 9.79. The second-order valence-corrected chi connectivity index (χ2v) is 13.0. The van der Waals surface area contributed by atoms with Gasteiger partial charge in [-0.3, -0.25) is 9.69 Å². The summed E-state index contributed by atoms with van der Waals surface area (Å²) in [6.45, 7) is 18.7. The van der Waals surface area contributed by atoms with Gasteiger partial charge < -0.3 is 24.1 Å². The van der Waals surface area contributed by atoms with E-state index in [0.29, 0.717) is 29.4 Å². The number of amides is 1. The van der Waals surface area contributed by atoms with E-state index in [9.17, 15) is 4.79 Å². The molecule has 8 heteroatoms. The zero-order valence-electron chi connectivity index (χ0n) is 25.1. The van der Waals surface area contributed by atoms with E-state index in [0.717, 1.165) is 12.0 Å². The van der Waals surface area contributed by atoms with E-state index in [1.54, 1.807) is 19.2 Å². The lowest BCUT2D eigenvalue weighted by Gasteiger charge is -2.53.